The highest BCUT2D eigenvalue weighted by Gasteiger charge is 2.61. The van der Waals surface area contributed by atoms with Crippen LogP contribution in [0, 0.1) is 0 Å². The number of nitrogens with one attached hydrogen (secondary N) is 2. The molecule has 0 aromatic heterocycles. The zero-order valence-corrected chi connectivity index (χ0v) is 68.1. The molecule has 22 rings (SSSR count). The van der Waals surface area contributed by atoms with Crippen LogP contribution in [0.15, 0.2) is 0 Å². The maximum absolute atomic E-state index is 13.9. The second kappa shape index (κ2) is 47.0. The molecule has 0 aromatic rings. The third-order valence-electron chi connectivity index (χ3n) is 20.7. The van der Waals surface area contributed by atoms with E-state index in [1.54, 1.807) is 0 Å². The summed E-state index contributed by atoms with van der Waals surface area (Å²) in [5.41, 5.74) is 0. The molecule has 2 amide bonds. The van der Waals surface area contributed by atoms with Crippen LogP contribution in [0.1, 0.15) is 12.8 Å². The number of rotatable bonds is 28. The van der Waals surface area contributed by atoms with Crippen LogP contribution in [0.2, 0.25) is 0 Å². The van der Waals surface area contributed by atoms with Gasteiger partial charge in [-0.3, -0.25) is 9.59 Å². The Morgan fingerprint density at radius 1 is 0.248 bits per heavy atom. The second-order valence-corrected chi connectivity index (χ2v) is 29.5. The first-order chi connectivity index (χ1) is 53.0. The lowest BCUT2D eigenvalue weighted by molar-refractivity contribution is -0.403. The molecule has 35 atom stereocenters. The molecule has 636 valence electrons. The van der Waals surface area contributed by atoms with Gasteiger partial charge in [0.1, 0.15) is 165 Å². The third kappa shape index (κ3) is 22.2. The van der Waals surface area contributed by atoms with E-state index in [9.17, 15) is 9.59 Å². The zero-order chi connectivity index (χ0) is 79.0. The average Bonchev–Trinajstić information content (AvgIpc) is 0.762. The summed E-state index contributed by atoms with van der Waals surface area (Å²) < 4.78 is 217. The maximum atomic E-state index is 13.9. The van der Waals surface area contributed by atoms with Gasteiger partial charge in [-0.2, -0.15) is 0 Å². The minimum atomic E-state index is -1.25. The van der Waals surface area contributed by atoms with E-state index in [0.29, 0.717) is 11.5 Å². The topological polar surface area (TPSA) is 372 Å². The number of hydrogen-bond acceptors (Lipinski definition) is 38. The number of fused-ring (bicyclic) bond motifs is 1. The van der Waals surface area contributed by atoms with Crippen molar-refractivity contribution >= 4 is 33.4 Å². The third-order valence-corrected chi connectivity index (χ3v) is 23.1. The summed E-state index contributed by atoms with van der Waals surface area (Å²) in [4.78, 5) is 27.8. The van der Waals surface area contributed by atoms with Crippen molar-refractivity contribution < 1.29 is 171 Å². The van der Waals surface area contributed by atoms with Gasteiger partial charge in [-0.05, 0) is 0 Å². The summed E-state index contributed by atoms with van der Waals surface area (Å²) in [6, 6.07) is -0.790. The van der Waals surface area contributed by atoms with E-state index in [4.69, 9.17) is 161 Å². The Bertz CT molecular complexity index is 2570. The van der Waals surface area contributed by atoms with Gasteiger partial charge >= 0.3 is 0 Å². The lowest BCUT2D eigenvalue weighted by Gasteiger charge is -2.52. The van der Waals surface area contributed by atoms with Crippen molar-refractivity contribution in [2.24, 2.45) is 0 Å². The van der Waals surface area contributed by atoms with Crippen molar-refractivity contribution in [3.63, 3.8) is 0 Å². The summed E-state index contributed by atoms with van der Waals surface area (Å²) in [5.74, 6) is 0.111. The van der Waals surface area contributed by atoms with Gasteiger partial charge < -0.3 is 172 Å². The van der Waals surface area contributed by atoms with Crippen molar-refractivity contribution in [1.82, 2.24) is 10.6 Å². The number of amides is 2. The number of carbonyl (C=O) groups excluding carboxylic acids is 2. The van der Waals surface area contributed by atoms with Gasteiger partial charge in [0.15, 0.2) is 44.0 Å². The molecular formula is C69H122N2O36S2. The molecule has 22 heterocycles. The van der Waals surface area contributed by atoms with E-state index in [-0.39, 0.29) is 70.9 Å². The fourth-order valence-electron chi connectivity index (χ4n) is 15.7. The first-order valence-electron chi connectivity index (χ1n) is 36.1. The summed E-state index contributed by atoms with van der Waals surface area (Å²) in [7, 11) is 34.3. The number of hydrogen-bond donors (Lipinski definition) is 2. The lowest BCUT2D eigenvalue weighted by atomic mass is 9.94. The largest absolute Gasteiger partial charge is 0.382 e. The number of ether oxygens (including phenoxy) is 34. The van der Waals surface area contributed by atoms with Gasteiger partial charge in [0.25, 0.3) is 0 Å². The molecule has 0 saturated carbocycles. The highest BCUT2D eigenvalue weighted by atomic mass is 33.1. The molecule has 22 fully saturated rings. The van der Waals surface area contributed by atoms with Gasteiger partial charge in [-0.25, -0.2) is 0 Å². The highest BCUT2D eigenvalue weighted by Crippen LogP contribution is 2.42. The molecule has 40 heteroatoms. The number of methoxy groups -OCH3 is 21. The van der Waals surface area contributed by atoms with E-state index >= 15 is 0 Å². The van der Waals surface area contributed by atoms with Crippen molar-refractivity contribution in [3.8, 4) is 0 Å². The summed E-state index contributed by atoms with van der Waals surface area (Å²) in [6.45, 7) is -0.276. The Morgan fingerprint density at radius 3 is 0.688 bits per heavy atom. The Hall–Kier alpha value is -1.72. The Kier molecular flexibility index (Phi) is 40.0. The molecule has 14 bridgehead atoms. The van der Waals surface area contributed by atoms with Crippen LogP contribution in [0.25, 0.3) is 0 Å². The Morgan fingerprint density at radius 2 is 0.450 bits per heavy atom. The molecule has 0 aliphatic carbocycles. The maximum Gasteiger partial charge on any atom is 0.222 e. The van der Waals surface area contributed by atoms with Crippen LogP contribution in [-0.4, -0.2) is 434 Å². The van der Waals surface area contributed by atoms with Crippen LogP contribution in [0.5, 0.6) is 0 Å². The molecule has 0 unspecified atom stereocenters. The van der Waals surface area contributed by atoms with Crippen molar-refractivity contribution in [1.29, 1.82) is 0 Å². The lowest BCUT2D eigenvalue weighted by Crippen LogP contribution is -2.70. The average molecular weight is 1620 g/mol. The Labute approximate surface area is 646 Å². The van der Waals surface area contributed by atoms with Crippen LogP contribution in [-0.2, 0) is 171 Å². The quantitative estimate of drug-likeness (QED) is 0.0877. The SMILES string of the molecule is COC[C@H]1O[C@@H]2O[C@H]3[C@H](OC)[C@@H](OC)[C@@H](O[C@H]4[C@H](OC)[C@@H](OC)[C@@H](O[C@H]5[C@H](OC)[C@@H](OC)[C@@H](O[C@H]6[C@H](OC)[C@@H](OC)[C@@H](O[C@H]7[C@H](OC)[C@@H](OC)[C@@H](O[C@H]8[C@H](OC)[C@@H](OC)[C@H](NC(=O)CCSSCCC(=O)N[C@@H]1[C@H](OC)[C@H]2OC)O[C@@H]8COC)O[C@@H]7COC)O[C@@H]6COC)O[C@@H]5COC)O[C@@H]4COC)O[C@@H]3COC. The minimum absolute atomic E-state index is 0.00889. The molecular weight excluding hydrogens is 1500 g/mol. The van der Waals surface area contributed by atoms with E-state index < -0.39 is 215 Å². The van der Waals surface area contributed by atoms with Crippen LogP contribution >= 0.6 is 21.6 Å². The predicted octanol–water partition coefficient (Wildman–Crippen LogP) is -1.12. The molecule has 2 N–H and O–H groups in total. The van der Waals surface area contributed by atoms with Gasteiger partial charge in [-0.1, -0.05) is 21.6 Å². The van der Waals surface area contributed by atoms with E-state index in [0.717, 1.165) is 0 Å². The molecule has 0 aromatic carbocycles. The molecule has 0 spiro atoms. The van der Waals surface area contributed by atoms with Gasteiger partial charge in [0.05, 0.1) is 52.3 Å². The molecule has 109 heavy (non-hydrogen) atoms. The molecule has 38 nitrogen and oxygen atoms in total. The fourth-order valence-corrected chi connectivity index (χ4v) is 17.7. The summed E-state index contributed by atoms with van der Waals surface area (Å²) in [5, 5.41) is 6.09. The zero-order valence-electron chi connectivity index (χ0n) is 66.5. The highest BCUT2D eigenvalue weighted by molar-refractivity contribution is 8.76. The van der Waals surface area contributed by atoms with E-state index in [1.165, 1.54) is 171 Å². The summed E-state index contributed by atoms with van der Waals surface area (Å²) >= 11 is 0. The smallest absolute Gasteiger partial charge is 0.222 e. The molecule has 0 radical (unpaired) electrons. The van der Waals surface area contributed by atoms with Gasteiger partial charge in [0.2, 0.25) is 11.8 Å². The van der Waals surface area contributed by atoms with Crippen molar-refractivity contribution in [2.75, 3.05) is 207 Å². The molecule has 22 saturated heterocycles. The fraction of sp³-hybridized carbons (Fsp3) is 0.971. The van der Waals surface area contributed by atoms with E-state index in [1.807, 2.05) is 0 Å². The standard InChI is InChI=1S/C69H122N2O36S2/c1-74-26-33-42-49(81-8)57(89-16)64(96-33)103-44-35(28-76-3)98-66(59(91-18)51(44)83-10)105-46-37(30-78-5)100-68(61(93-20)53(46)85-12)107-48-39(32-80-7)101-69(62(94-21)55(48)87-14)106-47-38(31-79-6)99-67(60(92-19)54(47)86-13)104-45-36(29-77-4)97-65(58(90-17)52(45)84-11)102-43-34(27-75-2)95-63(56(88-15)50(43)82-9)71-41(73)23-25-109-108-24-22-40(72)70-42/h33-39,42-69H,22-32H2,1-21H3,(H,70,72)(H,71,73)/t33-,34-,35-,36-,37-,38-,39-,42+,43-,44-,45-,46-,47-,48-,49+,50+,51+,52+,53+,54+,55+,56-,57-,58-,59-,60-,61-,62-,63-,64-,65-,66-,67-,68-,69-/m1/s1. The Balaban J connectivity index is 1.14. The van der Waals surface area contributed by atoms with Crippen LogP contribution < -0.4 is 10.6 Å². The minimum Gasteiger partial charge on any atom is -0.382 e. The first-order valence-corrected chi connectivity index (χ1v) is 38.6. The number of carbonyl (C=O) groups is 2. The normalized spacial score (nSPS) is 43.5. The van der Waals surface area contributed by atoms with Crippen LogP contribution in [0.3, 0.4) is 0 Å². The second-order valence-electron chi connectivity index (χ2n) is 26.8. The molecule has 22 aliphatic rings. The molecule has 22 aliphatic heterocycles. The van der Waals surface area contributed by atoms with Gasteiger partial charge in [-0.15, -0.1) is 0 Å². The van der Waals surface area contributed by atoms with Gasteiger partial charge in [0, 0.05) is 174 Å². The first kappa shape index (κ1) is 92.8. The predicted molar refractivity (Wildman–Crippen MR) is 378 cm³/mol. The monoisotopic (exact) mass is 1620 g/mol. The van der Waals surface area contributed by atoms with Crippen LogP contribution in [0.4, 0.5) is 0 Å². The summed E-state index contributed by atoms with van der Waals surface area (Å²) in [6.07, 6.45) is -34.4. The van der Waals surface area contributed by atoms with Crippen molar-refractivity contribution in [3.05, 3.63) is 0 Å². The van der Waals surface area contributed by atoms with E-state index in [2.05, 4.69) is 10.6 Å². The van der Waals surface area contributed by atoms with Crippen molar-refractivity contribution in [2.45, 2.75) is 228 Å².